The van der Waals surface area contributed by atoms with Crippen LogP contribution in [0, 0.1) is 13.8 Å². The summed E-state index contributed by atoms with van der Waals surface area (Å²) < 4.78 is 1.70. The predicted molar refractivity (Wildman–Crippen MR) is 144 cm³/mol. The van der Waals surface area contributed by atoms with E-state index in [-0.39, 0.29) is 17.2 Å². The number of anilines is 1. The molecule has 0 bridgehead atoms. The summed E-state index contributed by atoms with van der Waals surface area (Å²) in [6, 6.07) is 16.4. The minimum absolute atomic E-state index is 0.0271. The lowest BCUT2D eigenvalue weighted by atomic mass is 10.1. The van der Waals surface area contributed by atoms with E-state index in [4.69, 9.17) is 4.98 Å². The molecule has 3 heterocycles. The van der Waals surface area contributed by atoms with Crippen molar-refractivity contribution in [3.05, 3.63) is 75.7 Å². The summed E-state index contributed by atoms with van der Waals surface area (Å²) in [5.41, 5.74) is 5.03. The van der Waals surface area contributed by atoms with Crippen LogP contribution < -0.4 is 10.5 Å². The third-order valence-corrected chi connectivity index (χ3v) is 8.56. The normalized spacial score (nSPS) is 17.5. The molecule has 0 aliphatic carbocycles. The Balaban J connectivity index is 1.35. The first-order chi connectivity index (χ1) is 16.9. The maximum Gasteiger partial charge on any atom is 0.272 e. The Labute approximate surface area is 214 Å². The molecule has 2 aliphatic heterocycles. The number of aromatic nitrogens is 2. The third kappa shape index (κ3) is 5.14. The number of hydrogen-bond donors (Lipinski definition) is 0. The van der Waals surface area contributed by atoms with Crippen molar-refractivity contribution in [2.24, 2.45) is 0 Å². The van der Waals surface area contributed by atoms with Gasteiger partial charge in [-0.25, -0.2) is 4.98 Å². The Kier molecular flexibility index (Phi) is 6.93. The van der Waals surface area contributed by atoms with Gasteiger partial charge in [0.05, 0.1) is 22.0 Å². The van der Waals surface area contributed by atoms with Crippen LogP contribution in [0.4, 0.5) is 5.69 Å². The van der Waals surface area contributed by atoms with Crippen molar-refractivity contribution in [1.29, 1.82) is 0 Å². The summed E-state index contributed by atoms with van der Waals surface area (Å²) in [5.74, 6) is 0.358. The fourth-order valence-corrected chi connectivity index (χ4v) is 6.80. The standard InChI is InChI=1S/C27H30N4O2S2/c1-18-13-19(2)15-22(14-18)31-26(33)25-23(16-20(3)35-25)28-27(31)34-17-24(32)30-11-9-29(10-12-30)21-7-5-4-6-8-21/h4-8,13-15,20H,9-12,16-17H2,1-3H3. The smallest absolute Gasteiger partial charge is 0.272 e. The predicted octanol–water partition coefficient (Wildman–Crippen LogP) is 4.33. The van der Waals surface area contributed by atoms with Gasteiger partial charge in [0.1, 0.15) is 0 Å². The monoisotopic (exact) mass is 506 g/mol. The van der Waals surface area contributed by atoms with Gasteiger partial charge in [0.25, 0.3) is 5.56 Å². The molecule has 1 aromatic heterocycles. The fraction of sp³-hybridized carbons (Fsp3) is 0.370. The number of rotatable bonds is 5. The SMILES string of the molecule is Cc1cc(C)cc(-n2c(SCC(=O)N3CCN(c4ccccc4)CC3)nc3c(c2=O)SC(C)C3)c1. The molecule has 2 aliphatic rings. The first-order valence-corrected chi connectivity index (χ1v) is 13.9. The second-order valence-electron chi connectivity index (χ2n) is 9.28. The number of carbonyl (C=O) groups is 1. The number of carbonyl (C=O) groups excluding carboxylic acids is 1. The summed E-state index contributed by atoms with van der Waals surface area (Å²) in [7, 11) is 0. The van der Waals surface area contributed by atoms with E-state index in [1.165, 1.54) is 17.4 Å². The van der Waals surface area contributed by atoms with E-state index in [0.717, 1.165) is 46.9 Å². The Morgan fingerprint density at radius 1 is 1.03 bits per heavy atom. The van der Waals surface area contributed by atoms with Crippen molar-refractivity contribution >= 4 is 35.1 Å². The van der Waals surface area contributed by atoms with Crippen molar-refractivity contribution < 1.29 is 4.79 Å². The molecule has 1 atom stereocenters. The molecule has 0 saturated carbocycles. The van der Waals surface area contributed by atoms with Crippen molar-refractivity contribution in [3.63, 3.8) is 0 Å². The van der Waals surface area contributed by atoms with E-state index in [2.05, 4.69) is 30.0 Å². The molecule has 0 radical (unpaired) electrons. The second-order valence-corrected chi connectivity index (χ2v) is 11.7. The minimum atomic E-state index is -0.0271. The highest BCUT2D eigenvalue weighted by Gasteiger charge is 2.28. The number of piperazine rings is 1. The third-order valence-electron chi connectivity index (χ3n) is 6.42. The van der Waals surface area contributed by atoms with Crippen LogP contribution in [0.3, 0.4) is 0 Å². The van der Waals surface area contributed by atoms with Gasteiger partial charge in [-0.2, -0.15) is 0 Å². The Hall–Kier alpha value is -2.71. The van der Waals surface area contributed by atoms with Gasteiger partial charge in [-0.1, -0.05) is 43.0 Å². The fourth-order valence-electron chi connectivity index (χ4n) is 4.77. The van der Waals surface area contributed by atoms with Gasteiger partial charge in [-0.3, -0.25) is 14.2 Å². The van der Waals surface area contributed by atoms with Gasteiger partial charge in [0.15, 0.2) is 5.16 Å². The van der Waals surface area contributed by atoms with Crippen LogP contribution in [0.2, 0.25) is 0 Å². The average molecular weight is 507 g/mol. The maximum absolute atomic E-state index is 13.6. The molecule has 1 amide bonds. The second kappa shape index (κ2) is 10.1. The number of nitrogens with zero attached hydrogens (tertiary/aromatic N) is 4. The first-order valence-electron chi connectivity index (χ1n) is 12.0. The molecule has 182 valence electrons. The van der Waals surface area contributed by atoms with Crippen LogP contribution >= 0.6 is 23.5 Å². The van der Waals surface area contributed by atoms with Crippen molar-refractivity contribution in [3.8, 4) is 5.69 Å². The van der Waals surface area contributed by atoms with Gasteiger partial charge in [0.2, 0.25) is 5.91 Å². The summed E-state index contributed by atoms with van der Waals surface area (Å²) in [4.78, 5) is 36.5. The molecule has 2 aromatic carbocycles. The van der Waals surface area contributed by atoms with E-state index >= 15 is 0 Å². The molecule has 0 N–H and O–H groups in total. The van der Waals surface area contributed by atoms with Gasteiger partial charge in [-0.05, 0) is 49.2 Å². The number of para-hydroxylation sites is 1. The average Bonchev–Trinajstić information content (AvgIpc) is 3.23. The molecule has 1 fully saturated rings. The van der Waals surface area contributed by atoms with Gasteiger partial charge >= 0.3 is 0 Å². The van der Waals surface area contributed by atoms with Crippen LogP contribution in [-0.2, 0) is 11.2 Å². The van der Waals surface area contributed by atoms with E-state index in [9.17, 15) is 9.59 Å². The van der Waals surface area contributed by atoms with E-state index in [1.807, 2.05) is 49.1 Å². The van der Waals surface area contributed by atoms with Crippen LogP contribution in [-0.4, -0.2) is 57.5 Å². The molecule has 35 heavy (non-hydrogen) atoms. The highest BCUT2D eigenvalue weighted by Crippen LogP contribution is 2.35. The largest absolute Gasteiger partial charge is 0.368 e. The van der Waals surface area contributed by atoms with Gasteiger partial charge < -0.3 is 9.80 Å². The van der Waals surface area contributed by atoms with E-state index in [1.54, 1.807) is 16.3 Å². The zero-order valence-corrected chi connectivity index (χ0v) is 22.0. The molecule has 6 nitrogen and oxygen atoms in total. The van der Waals surface area contributed by atoms with Crippen molar-refractivity contribution in [2.75, 3.05) is 36.8 Å². The van der Waals surface area contributed by atoms with Crippen molar-refractivity contribution in [1.82, 2.24) is 14.5 Å². The number of amides is 1. The van der Waals surface area contributed by atoms with Crippen LogP contribution in [0.25, 0.3) is 5.69 Å². The molecule has 0 spiro atoms. The Bertz CT molecular complexity index is 1280. The van der Waals surface area contributed by atoms with E-state index in [0.29, 0.717) is 23.5 Å². The molecule has 1 unspecified atom stereocenters. The summed E-state index contributed by atoms with van der Waals surface area (Å²) in [6.45, 7) is 9.22. The highest BCUT2D eigenvalue weighted by atomic mass is 32.2. The maximum atomic E-state index is 13.6. The zero-order valence-electron chi connectivity index (χ0n) is 20.4. The minimum Gasteiger partial charge on any atom is -0.368 e. The van der Waals surface area contributed by atoms with Crippen LogP contribution in [0.15, 0.2) is 63.4 Å². The number of benzene rings is 2. The number of aryl methyl sites for hydroxylation is 2. The Morgan fingerprint density at radius 2 is 1.71 bits per heavy atom. The lowest BCUT2D eigenvalue weighted by Crippen LogP contribution is -2.49. The molecular weight excluding hydrogens is 476 g/mol. The van der Waals surface area contributed by atoms with Crippen molar-refractivity contribution in [2.45, 2.75) is 42.5 Å². The zero-order chi connectivity index (χ0) is 24.5. The lowest BCUT2D eigenvalue weighted by molar-refractivity contribution is -0.128. The molecule has 5 rings (SSSR count). The quantitative estimate of drug-likeness (QED) is 0.379. The van der Waals surface area contributed by atoms with Crippen LogP contribution in [0.1, 0.15) is 23.7 Å². The summed E-state index contributed by atoms with van der Waals surface area (Å²) in [5, 5.41) is 0.936. The molecule has 8 heteroatoms. The van der Waals surface area contributed by atoms with Crippen LogP contribution in [0.5, 0.6) is 0 Å². The summed E-state index contributed by atoms with van der Waals surface area (Å²) >= 11 is 2.98. The number of hydrogen-bond acceptors (Lipinski definition) is 6. The van der Waals surface area contributed by atoms with Gasteiger partial charge in [-0.15, -0.1) is 11.8 Å². The lowest BCUT2D eigenvalue weighted by Gasteiger charge is -2.36. The highest BCUT2D eigenvalue weighted by molar-refractivity contribution is 8.00. The number of thioether (sulfide) groups is 2. The topological polar surface area (TPSA) is 58.4 Å². The Morgan fingerprint density at radius 3 is 2.40 bits per heavy atom. The molecule has 3 aromatic rings. The summed E-state index contributed by atoms with van der Waals surface area (Å²) in [6.07, 6.45) is 0.784. The number of fused-ring (bicyclic) bond motifs is 1. The molecular formula is C27H30N4O2S2. The van der Waals surface area contributed by atoms with Gasteiger partial charge in [0, 0.05) is 43.5 Å². The molecule has 1 saturated heterocycles. The first kappa shape index (κ1) is 24.0. The van der Waals surface area contributed by atoms with E-state index < -0.39 is 0 Å².